The van der Waals surface area contributed by atoms with Crippen molar-refractivity contribution in [1.82, 2.24) is 4.90 Å². The van der Waals surface area contributed by atoms with Gasteiger partial charge in [0.25, 0.3) is 0 Å². The summed E-state index contributed by atoms with van der Waals surface area (Å²) in [5, 5.41) is 19.1. The molecule has 5 aliphatic rings. The van der Waals surface area contributed by atoms with Crippen LogP contribution in [0.3, 0.4) is 0 Å². The van der Waals surface area contributed by atoms with Gasteiger partial charge in [-0.1, -0.05) is 82.5 Å². The van der Waals surface area contributed by atoms with E-state index in [1.807, 2.05) is 0 Å². The molecule has 0 aromatic heterocycles. The smallest absolute Gasteiger partial charge is 0.335 e. The second-order valence-corrected chi connectivity index (χ2v) is 14.8. The molecule has 40 heavy (non-hydrogen) atoms. The number of hydrogen-bond donors (Lipinski definition) is 2. The lowest BCUT2D eigenvalue weighted by Gasteiger charge is -2.58. The number of allylic oxidation sites excluding steroid dienone is 3. The van der Waals surface area contributed by atoms with Crippen LogP contribution in [0, 0.1) is 39.9 Å². The van der Waals surface area contributed by atoms with Gasteiger partial charge in [0.15, 0.2) is 0 Å². The number of aromatic carboxylic acids is 1. The summed E-state index contributed by atoms with van der Waals surface area (Å²) in [7, 11) is 0. The molecule has 0 radical (unpaired) electrons. The van der Waals surface area contributed by atoms with Gasteiger partial charge in [-0.05, 0) is 111 Å². The fourth-order valence-electron chi connectivity index (χ4n) is 9.94. The largest absolute Gasteiger partial charge is 0.478 e. The SMILES string of the molecule is C[C@H](CN1CCCCC1)[C@H]1CC[C@H]2C3=CC=C4C(C)(C)[C@@H](O)CC[C@]4(C)[C@H]3CC[C@]12C.O=C(O)c1ccccc1. The molecule has 0 bridgehead atoms. The van der Waals surface area contributed by atoms with Crippen molar-refractivity contribution in [2.24, 2.45) is 39.9 Å². The van der Waals surface area contributed by atoms with Crippen molar-refractivity contribution < 1.29 is 15.0 Å². The predicted octanol–water partition coefficient (Wildman–Crippen LogP) is 7.99. The van der Waals surface area contributed by atoms with Gasteiger partial charge in [0.05, 0.1) is 11.7 Å². The predicted molar refractivity (Wildman–Crippen MR) is 163 cm³/mol. The normalized spacial score (nSPS) is 37.5. The van der Waals surface area contributed by atoms with Gasteiger partial charge >= 0.3 is 5.97 Å². The molecule has 220 valence electrons. The van der Waals surface area contributed by atoms with Gasteiger partial charge in [-0.15, -0.1) is 0 Å². The number of likely N-dealkylation sites (tertiary alicyclic amines) is 1. The highest BCUT2D eigenvalue weighted by atomic mass is 16.4. The molecule has 0 amide bonds. The Bertz CT molecular complexity index is 1120. The highest BCUT2D eigenvalue weighted by molar-refractivity contribution is 5.87. The minimum atomic E-state index is -0.879. The summed E-state index contributed by atoms with van der Waals surface area (Å²) in [5.74, 6) is 2.30. The second kappa shape index (κ2) is 11.4. The van der Waals surface area contributed by atoms with Crippen LogP contribution in [-0.2, 0) is 0 Å². The van der Waals surface area contributed by atoms with Crippen LogP contribution in [0.2, 0.25) is 0 Å². The zero-order chi connectivity index (χ0) is 28.7. The van der Waals surface area contributed by atoms with E-state index in [1.165, 1.54) is 70.2 Å². The van der Waals surface area contributed by atoms with E-state index in [4.69, 9.17) is 5.11 Å². The molecule has 1 aromatic carbocycles. The van der Waals surface area contributed by atoms with E-state index in [1.54, 1.807) is 35.9 Å². The van der Waals surface area contributed by atoms with Gasteiger partial charge in [0, 0.05) is 12.0 Å². The third-order valence-electron chi connectivity index (χ3n) is 12.2. The Kier molecular flexibility index (Phi) is 8.43. The topological polar surface area (TPSA) is 60.8 Å². The molecule has 4 aliphatic carbocycles. The number of carboxylic acid groups (broad SMARTS) is 1. The van der Waals surface area contributed by atoms with E-state index >= 15 is 0 Å². The Morgan fingerprint density at radius 2 is 1.62 bits per heavy atom. The number of carbonyl (C=O) groups is 1. The highest BCUT2D eigenvalue weighted by Gasteiger charge is 2.59. The highest BCUT2D eigenvalue weighted by Crippen LogP contribution is 2.67. The summed E-state index contributed by atoms with van der Waals surface area (Å²) in [6.45, 7) is 16.3. The van der Waals surface area contributed by atoms with Gasteiger partial charge < -0.3 is 15.1 Å². The summed E-state index contributed by atoms with van der Waals surface area (Å²) in [4.78, 5) is 13.0. The summed E-state index contributed by atoms with van der Waals surface area (Å²) >= 11 is 0. The van der Waals surface area contributed by atoms with Crippen molar-refractivity contribution in [1.29, 1.82) is 0 Å². The second-order valence-electron chi connectivity index (χ2n) is 14.8. The Balaban J connectivity index is 0.000000306. The summed E-state index contributed by atoms with van der Waals surface area (Å²) in [5.41, 5.74) is 4.31. The first kappa shape index (κ1) is 29.6. The fourth-order valence-corrected chi connectivity index (χ4v) is 9.94. The number of aliphatic hydroxyl groups excluding tert-OH is 1. The minimum absolute atomic E-state index is 0.0864. The van der Waals surface area contributed by atoms with Crippen molar-refractivity contribution in [3.8, 4) is 0 Å². The van der Waals surface area contributed by atoms with Crippen LogP contribution in [0.4, 0.5) is 0 Å². The van der Waals surface area contributed by atoms with Crippen LogP contribution in [0.1, 0.15) is 103 Å². The summed E-state index contributed by atoms with van der Waals surface area (Å²) in [6, 6.07) is 8.30. The number of nitrogens with zero attached hydrogens (tertiary/aromatic N) is 1. The zero-order valence-electron chi connectivity index (χ0n) is 25.7. The van der Waals surface area contributed by atoms with Crippen LogP contribution >= 0.6 is 0 Å². The molecule has 1 saturated heterocycles. The van der Waals surface area contributed by atoms with Crippen LogP contribution in [-0.4, -0.2) is 46.8 Å². The zero-order valence-corrected chi connectivity index (χ0v) is 25.7. The van der Waals surface area contributed by atoms with Crippen LogP contribution in [0.25, 0.3) is 0 Å². The van der Waals surface area contributed by atoms with Gasteiger partial charge in [-0.25, -0.2) is 4.79 Å². The molecule has 7 atom stereocenters. The molecule has 2 N–H and O–H groups in total. The number of benzene rings is 1. The number of hydrogen-bond acceptors (Lipinski definition) is 3. The van der Waals surface area contributed by atoms with E-state index in [-0.39, 0.29) is 16.9 Å². The summed E-state index contributed by atoms with van der Waals surface area (Å²) in [6.07, 6.45) is 16.8. The molecule has 4 fully saturated rings. The number of rotatable bonds is 4. The Labute approximate surface area is 242 Å². The number of carboxylic acids is 1. The van der Waals surface area contributed by atoms with Gasteiger partial charge in [0.1, 0.15) is 0 Å². The van der Waals surface area contributed by atoms with Crippen LogP contribution in [0.15, 0.2) is 53.6 Å². The lowest BCUT2D eigenvalue weighted by molar-refractivity contribution is -0.0181. The first-order chi connectivity index (χ1) is 19.0. The number of fused-ring (bicyclic) bond motifs is 5. The quantitative estimate of drug-likeness (QED) is 0.401. The summed E-state index contributed by atoms with van der Waals surface area (Å²) < 4.78 is 0. The van der Waals surface area contributed by atoms with E-state index in [0.29, 0.717) is 16.9 Å². The molecule has 6 rings (SSSR count). The average Bonchev–Trinajstić information content (AvgIpc) is 3.30. The number of aliphatic hydroxyl groups is 1. The molecular weight excluding hydrogens is 494 g/mol. The number of piperidine rings is 1. The maximum atomic E-state index is 10.7. The average molecular weight is 548 g/mol. The Morgan fingerprint density at radius 1 is 0.925 bits per heavy atom. The standard InChI is InChI=1S/C29H47NO.C7H6O2/c1-20(19-30-17-7-6-8-18-30)22-10-11-23-21-9-12-25-27(2,3)26(31)14-16-29(25,5)24(21)13-15-28(22,23)4;8-7(9)6-4-2-1-3-5-6/h9,12,20,22-24,26,31H,6-8,10-11,13-19H2,1-5H3;1-5H,(H,8,9)/t20-,22-,23+,24+,26+,28-,29-;/m1./s1. The first-order valence-electron chi connectivity index (χ1n) is 16.1. The van der Waals surface area contributed by atoms with Crippen molar-refractivity contribution in [3.05, 3.63) is 59.2 Å². The van der Waals surface area contributed by atoms with Crippen LogP contribution in [0.5, 0.6) is 0 Å². The maximum Gasteiger partial charge on any atom is 0.335 e. The molecule has 4 nitrogen and oxygen atoms in total. The van der Waals surface area contributed by atoms with E-state index < -0.39 is 5.97 Å². The van der Waals surface area contributed by atoms with E-state index in [2.05, 4.69) is 51.7 Å². The minimum Gasteiger partial charge on any atom is -0.478 e. The molecule has 0 unspecified atom stereocenters. The van der Waals surface area contributed by atoms with Gasteiger partial charge in [-0.3, -0.25) is 0 Å². The monoisotopic (exact) mass is 547 g/mol. The van der Waals surface area contributed by atoms with E-state index in [0.717, 1.165) is 30.6 Å². The molecule has 0 spiro atoms. The Morgan fingerprint density at radius 3 is 2.27 bits per heavy atom. The van der Waals surface area contributed by atoms with Gasteiger partial charge in [-0.2, -0.15) is 0 Å². The van der Waals surface area contributed by atoms with Crippen molar-refractivity contribution >= 4 is 5.97 Å². The van der Waals surface area contributed by atoms with Crippen molar-refractivity contribution in [2.45, 2.75) is 98.5 Å². The van der Waals surface area contributed by atoms with Crippen molar-refractivity contribution in [2.75, 3.05) is 19.6 Å². The third kappa shape index (κ3) is 5.24. The van der Waals surface area contributed by atoms with Gasteiger partial charge in [0.2, 0.25) is 0 Å². The van der Waals surface area contributed by atoms with E-state index in [9.17, 15) is 9.90 Å². The maximum absolute atomic E-state index is 10.7. The lowest BCUT2D eigenvalue weighted by Crippen LogP contribution is -2.51. The molecule has 1 aliphatic heterocycles. The third-order valence-corrected chi connectivity index (χ3v) is 12.2. The molecule has 1 aromatic rings. The van der Waals surface area contributed by atoms with Crippen LogP contribution < -0.4 is 0 Å². The molecule has 3 saturated carbocycles. The first-order valence-corrected chi connectivity index (χ1v) is 16.1. The molecule has 1 heterocycles. The Hall–Kier alpha value is -1.91. The lowest BCUT2D eigenvalue weighted by atomic mass is 9.47. The van der Waals surface area contributed by atoms with Crippen molar-refractivity contribution in [3.63, 3.8) is 0 Å². The molecular formula is C36H53NO3. The fraction of sp³-hybridized carbons (Fsp3) is 0.694. The molecule has 4 heteroatoms.